The fourth-order valence-electron chi connectivity index (χ4n) is 3.53. The number of hydrogen-bond donors (Lipinski definition) is 1. The Hall–Kier alpha value is -2.38. The summed E-state index contributed by atoms with van der Waals surface area (Å²) >= 11 is 0. The molecule has 1 saturated heterocycles. The van der Waals surface area contributed by atoms with E-state index in [1.54, 1.807) is 12.4 Å². The summed E-state index contributed by atoms with van der Waals surface area (Å²) in [6.07, 6.45) is 4.46. The van der Waals surface area contributed by atoms with Crippen LogP contribution in [0.5, 0.6) is 0 Å². The highest BCUT2D eigenvalue weighted by Gasteiger charge is 2.42. The van der Waals surface area contributed by atoms with Gasteiger partial charge in [-0.25, -0.2) is 8.78 Å². The molecule has 2 aromatic rings. The number of pyridine rings is 1. The highest BCUT2D eigenvalue weighted by molar-refractivity contribution is 5.86. The van der Waals surface area contributed by atoms with E-state index < -0.39 is 17.2 Å². The van der Waals surface area contributed by atoms with Crippen LogP contribution in [0.25, 0.3) is 0 Å². The summed E-state index contributed by atoms with van der Waals surface area (Å²) in [6, 6.07) is 7.37. The van der Waals surface area contributed by atoms with Crippen LogP contribution in [-0.4, -0.2) is 51.5 Å². The number of hydrogen-bond acceptors (Lipinski definition) is 4. The Kier molecular flexibility index (Phi) is 5.82. The smallest absolute Gasteiger partial charge is 0.256 e. The molecule has 0 bridgehead atoms. The molecule has 2 heterocycles. The monoisotopic (exact) mass is 375 g/mol. The predicted octanol–water partition coefficient (Wildman–Crippen LogP) is 2.35. The zero-order chi connectivity index (χ0) is 19.4. The van der Waals surface area contributed by atoms with Gasteiger partial charge < -0.3 is 10.0 Å². The normalized spacial score (nSPS) is 20.3. The molecule has 1 aliphatic rings. The lowest BCUT2D eigenvalue weighted by atomic mass is 9.90. The van der Waals surface area contributed by atoms with Gasteiger partial charge in [0.15, 0.2) is 17.2 Å². The first-order valence-corrected chi connectivity index (χ1v) is 8.90. The lowest BCUT2D eigenvalue weighted by Gasteiger charge is -2.40. The lowest BCUT2D eigenvalue weighted by Crippen LogP contribution is -2.57. The molecule has 7 heteroatoms. The van der Waals surface area contributed by atoms with E-state index in [-0.39, 0.29) is 19.0 Å². The molecule has 0 radical (unpaired) electrons. The molecular formula is C20H23F2N3O2. The minimum atomic E-state index is -1.49. The molecule has 0 aliphatic carbocycles. The molecule has 144 valence electrons. The number of aliphatic hydroxyl groups is 1. The lowest BCUT2D eigenvalue weighted by molar-refractivity contribution is -0.160. The second kappa shape index (κ2) is 8.10. The number of halogens is 2. The summed E-state index contributed by atoms with van der Waals surface area (Å²) in [6.45, 7) is 1.37. The van der Waals surface area contributed by atoms with Crippen molar-refractivity contribution >= 4 is 5.91 Å². The van der Waals surface area contributed by atoms with Gasteiger partial charge >= 0.3 is 0 Å². The predicted molar refractivity (Wildman–Crippen MR) is 96.5 cm³/mol. The van der Waals surface area contributed by atoms with Gasteiger partial charge in [0.05, 0.1) is 0 Å². The summed E-state index contributed by atoms with van der Waals surface area (Å²) in [4.78, 5) is 20.3. The zero-order valence-corrected chi connectivity index (χ0v) is 15.2. The minimum absolute atomic E-state index is 0.144. The first-order valence-electron chi connectivity index (χ1n) is 8.90. The molecule has 5 nitrogen and oxygen atoms in total. The van der Waals surface area contributed by atoms with Crippen molar-refractivity contribution in [1.82, 2.24) is 14.8 Å². The maximum Gasteiger partial charge on any atom is 0.256 e. The zero-order valence-electron chi connectivity index (χ0n) is 15.2. The molecule has 1 N–H and O–H groups in total. The molecular weight excluding hydrogens is 352 g/mol. The third kappa shape index (κ3) is 4.67. The number of nitrogens with zero attached hydrogens (tertiary/aromatic N) is 3. The number of piperidine rings is 1. The van der Waals surface area contributed by atoms with Gasteiger partial charge in [-0.3, -0.25) is 14.7 Å². The van der Waals surface area contributed by atoms with Crippen molar-refractivity contribution in [3.05, 3.63) is 65.5 Å². The quantitative estimate of drug-likeness (QED) is 0.842. The Morgan fingerprint density at radius 2 is 2.07 bits per heavy atom. The molecule has 0 unspecified atom stereocenters. The fourth-order valence-corrected chi connectivity index (χ4v) is 3.53. The number of likely N-dealkylation sites (tertiary alicyclic amines) is 1. The molecule has 1 fully saturated rings. The largest absolute Gasteiger partial charge is 0.379 e. The highest BCUT2D eigenvalue weighted by Crippen LogP contribution is 2.26. The van der Waals surface area contributed by atoms with Gasteiger partial charge in [-0.2, -0.15) is 0 Å². The van der Waals surface area contributed by atoms with Gasteiger partial charge in [0.2, 0.25) is 0 Å². The van der Waals surface area contributed by atoms with Gasteiger partial charge in [-0.1, -0.05) is 12.1 Å². The van der Waals surface area contributed by atoms with Gasteiger partial charge in [-0.05, 0) is 49.2 Å². The van der Waals surface area contributed by atoms with E-state index in [1.807, 2.05) is 24.1 Å². The summed E-state index contributed by atoms with van der Waals surface area (Å²) in [5.41, 5.74) is -0.00550. The van der Waals surface area contributed by atoms with Gasteiger partial charge in [-0.15, -0.1) is 0 Å². The van der Waals surface area contributed by atoms with Crippen LogP contribution in [0.15, 0.2) is 42.7 Å². The third-order valence-electron chi connectivity index (χ3n) is 4.77. The van der Waals surface area contributed by atoms with Crippen molar-refractivity contribution < 1.29 is 18.7 Å². The highest BCUT2D eigenvalue weighted by atomic mass is 19.2. The van der Waals surface area contributed by atoms with Crippen LogP contribution < -0.4 is 0 Å². The summed E-state index contributed by atoms with van der Waals surface area (Å²) < 4.78 is 26.5. The molecule has 0 spiro atoms. The van der Waals surface area contributed by atoms with E-state index in [0.717, 1.165) is 17.7 Å². The Labute approximate surface area is 157 Å². The van der Waals surface area contributed by atoms with E-state index in [2.05, 4.69) is 4.98 Å². The molecule has 1 atom stereocenters. The number of likely N-dealkylation sites (N-methyl/N-ethyl adjacent to an activating group) is 1. The van der Waals surface area contributed by atoms with Crippen LogP contribution in [0.3, 0.4) is 0 Å². The maximum atomic E-state index is 13.4. The minimum Gasteiger partial charge on any atom is -0.379 e. The maximum absolute atomic E-state index is 13.4. The fraction of sp³-hybridized carbons (Fsp3) is 0.400. The SMILES string of the molecule is CN(Cc1cccnc1)C[C@]1(O)CCCN(Cc2ccc(F)c(F)c2)C1=O. The Bertz CT molecular complexity index is 803. The van der Waals surface area contributed by atoms with Crippen LogP contribution >= 0.6 is 0 Å². The average molecular weight is 375 g/mol. The Morgan fingerprint density at radius 3 is 2.78 bits per heavy atom. The van der Waals surface area contributed by atoms with Crippen molar-refractivity contribution in [3.63, 3.8) is 0 Å². The molecule has 27 heavy (non-hydrogen) atoms. The van der Waals surface area contributed by atoms with Crippen molar-refractivity contribution in [1.29, 1.82) is 0 Å². The van der Waals surface area contributed by atoms with Crippen molar-refractivity contribution in [3.8, 4) is 0 Å². The van der Waals surface area contributed by atoms with Crippen molar-refractivity contribution in [2.24, 2.45) is 0 Å². The standard InChI is InChI=1S/C20H23F2N3O2/c1-24(12-16-4-2-8-23-11-16)14-20(27)7-3-9-25(19(20)26)13-15-5-6-17(21)18(22)10-15/h2,4-6,8,10-11,27H,3,7,9,12-14H2,1H3/t20-/m1/s1. The third-order valence-corrected chi connectivity index (χ3v) is 4.77. The van der Waals surface area contributed by atoms with Crippen LogP contribution in [-0.2, 0) is 17.9 Å². The van der Waals surface area contributed by atoms with Crippen molar-refractivity contribution in [2.45, 2.75) is 31.5 Å². The molecule has 1 aliphatic heterocycles. The van der Waals surface area contributed by atoms with Crippen LogP contribution in [0.2, 0.25) is 0 Å². The topological polar surface area (TPSA) is 56.7 Å². The number of benzene rings is 1. The van der Waals surface area contributed by atoms with Gasteiger partial charge in [0, 0.05) is 38.6 Å². The van der Waals surface area contributed by atoms with E-state index in [1.165, 1.54) is 11.0 Å². The van der Waals surface area contributed by atoms with E-state index >= 15 is 0 Å². The number of aromatic nitrogens is 1. The average Bonchev–Trinajstić information content (AvgIpc) is 2.63. The van der Waals surface area contributed by atoms with Crippen LogP contribution in [0.1, 0.15) is 24.0 Å². The summed E-state index contributed by atoms with van der Waals surface area (Å²) in [5, 5.41) is 11.0. The first-order chi connectivity index (χ1) is 12.9. The molecule has 1 aromatic heterocycles. The van der Waals surface area contributed by atoms with Crippen molar-refractivity contribution in [2.75, 3.05) is 20.1 Å². The van der Waals surface area contributed by atoms with Crippen LogP contribution in [0, 0.1) is 11.6 Å². The summed E-state index contributed by atoms with van der Waals surface area (Å²) in [5.74, 6) is -2.24. The molecule has 1 amide bonds. The number of amides is 1. The Morgan fingerprint density at radius 1 is 1.26 bits per heavy atom. The Balaban J connectivity index is 1.66. The molecule has 1 aromatic carbocycles. The van der Waals surface area contributed by atoms with Gasteiger partial charge in [0.25, 0.3) is 5.91 Å². The van der Waals surface area contributed by atoms with Gasteiger partial charge in [0.1, 0.15) is 0 Å². The number of rotatable bonds is 6. The van der Waals surface area contributed by atoms with E-state index in [4.69, 9.17) is 0 Å². The number of carbonyl (C=O) groups excluding carboxylic acids is 1. The molecule has 0 saturated carbocycles. The number of carbonyl (C=O) groups is 1. The van der Waals surface area contributed by atoms with E-state index in [0.29, 0.717) is 31.5 Å². The van der Waals surface area contributed by atoms with Crippen LogP contribution in [0.4, 0.5) is 8.78 Å². The van der Waals surface area contributed by atoms with E-state index in [9.17, 15) is 18.7 Å². The molecule has 3 rings (SSSR count). The summed E-state index contributed by atoms with van der Waals surface area (Å²) in [7, 11) is 1.84. The second-order valence-electron chi connectivity index (χ2n) is 7.14. The first kappa shape index (κ1) is 19.4. The second-order valence-corrected chi connectivity index (χ2v) is 7.14.